The molecule has 50 heavy (non-hydrogen) atoms. The van der Waals surface area contributed by atoms with Crippen molar-refractivity contribution < 1.29 is 0 Å². The zero-order chi connectivity index (χ0) is 34.2. The van der Waals surface area contributed by atoms with E-state index >= 15 is 0 Å². The predicted octanol–water partition coefficient (Wildman–Crippen LogP) is 12.9. The third-order valence-electron chi connectivity index (χ3n) is 13.8. The highest BCUT2D eigenvalue weighted by molar-refractivity contribution is 5.89. The Hall–Kier alpha value is -4.30. The van der Waals surface area contributed by atoms with Crippen LogP contribution in [0, 0.1) is 34.5 Å². The molecule has 2 heteroatoms. The maximum Gasteiger partial charge on any atom is 0.0490 e. The fraction of sp³-hybridized carbons (Fsp3) is 0.375. The molecule has 6 atom stereocenters. The van der Waals surface area contributed by atoms with E-state index in [9.17, 15) is 0 Å². The fourth-order valence-corrected chi connectivity index (χ4v) is 11.7. The van der Waals surface area contributed by atoms with Crippen LogP contribution < -0.4 is 4.90 Å². The summed E-state index contributed by atoms with van der Waals surface area (Å²) < 4.78 is 2.78. The molecule has 0 spiro atoms. The van der Waals surface area contributed by atoms with Gasteiger partial charge in [-0.05, 0) is 132 Å². The molecule has 2 saturated carbocycles. The summed E-state index contributed by atoms with van der Waals surface area (Å²) in [6.45, 7) is 12.8. The van der Waals surface area contributed by atoms with Gasteiger partial charge in [-0.1, -0.05) is 119 Å². The van der Waals surface area contributed by atoms with Crippen LogP contribution in [-0.2, 0) is 6.42 Å². The second kappa shape index (κ2) is 11.9. The highest BCUT2D eigenvalue weighted by Gasteiger charge is 2.63. The molecular weight excluding hydrogens is 605 g/mol. The SMILES string of the molecule is CC1CC=CC=C1c1ccc(N(C2=CC=C3C(C2)C(C)(C)C2C(C)C(n4c5c(c6ccccc64)CCC=C5)CCC32C)c2ccccc2)cc1. The fourth-order valence-electron chi connectivity index (χ4n) is 11.7. The molecule has 0 aliphatic heterocycles. The molecule has 0 N–H and O–H groups in total. The Morgan fingerprint density at radius 1 is 0.800 bits per heavy atom. The lowest BCUT2D eigenvalue weighted by molar-refractivity contribution is 0.00503. The molecule has 5 aliphatic carbocycles. The second-order valence-corrected chi connectivity index (χ2v) is 16.8. The molecule has 254 valence electrons. The minimum Gasteiger partial charge on any atom is -0.337 e. The lowest BCUT2D eigenvalue weighted by Gasteiger charge is -2.50. The molecule has 0 saturated heterocycles. The minimum atomic E-state index is 0.167. The molecule has 5 aliphatic rings. The monoisotopic (exact) mass is 656 g/mol. The Kier molecular flexibility index (Phi) is 7.54. The number of para-hydroxylation sites is 2. The summed E-state index contributed by atoms with van der Waals surface area (Å²) in [7, 11) is 0. The normalized spacial score (nSPS) is 29.5. The van der Waals surface area contributed by atoms with Gasteiger partial charge in [0.05, 0.1) is 0 Å². The summed E-state index contributed by atoms with van der Waals surface area (Å²) >= 11 is 0. The zero-order valence-corrected chi connectivity index (χ0v) is 30.6. The lowest BCUT2D eigenvalue weighted by atomic mass is 9.57. The molecule has 0 bridgehead atoms. The van der Waals surface area contributed by atoms with Gasteiger partial charge in [-0.15, -0.1) is 0 Å². The minimum absolute atomic E-state index is 0.167. The van der Waals surface area contributed by atoms with Crippen LogP contribution >= 0.6 is 0 Å². The number of allylic oxidation sites excluding steroid dienone is 9. The molecule has 4 aromatic rings. The smallest absolute Gasteiger partial charge is 0.0490 e. The second-order valence-electron chi connectivity index (χ2n) is 16.8. The van der Waals surface area contributed by atoms with Crippen LogP contribution in [0.25, 0.3) is 22.6 Å². The van der Waals surface area contributed by atoms with Crippen LogP contribution in [-0.4, -0.2) is 4.57 Å². The Bertz CT molecular complexity index is 2100. The number of aryl methyl sites for hydroxylation is 1. The number of hydrogen-bond donors (Lipinski definition) is 0. The summed E-state index contributed by atoms with van der Waals surface area (Å²) in [6.07, 6.45) is 23.7. The summed E-state index contributed by atoms with van der Waals surface area (Å²) in [5, 5.41) is 1.47. The van der Waals surface area contributed by atoms with Gasteiger partial charge in [-0.2, -0.15) is 0 Å². The molecular formula is C48H52N2. The summed E-state index contributed by atoms with van der Waals surface area (Å²) in [5.41, 5.74) is 13.2. The quantitative estimate of drug-likeness (QED) is 0.208. The van der Waals surface area contributed by atoms with Gasteiger partial charge in [0.1, 0.15) is 0 Å². The van der Waals surface area contributed by atoms with Gasteiger partial charge in [-0.25, -0.2) is 0 Å². The number of anilines is 2. The maximum atomic E-state index is 2.78. The third kappa shape index (κ3) is 4.74. The van der Waals surface area contributed by atoms with Crippen molar-refractivity contribution in [3.05, 3.63) is 143 Å². The van der Waals surface area contributed by atoms with Gasteiger partial charge in [0.2, 0.25) is 0 Å². The first-order valence-corrected chi connectivity index (χ1v) is 19.3. The van der Waals surface area contributed by atoms with Crippen LogP contribution in [0.5, 0.6) is 0 Å². The van der Waals surface area contributed by atoms with Crippen molar-refractivity contribution in [2.75, 3.05) is 4.90 Å². The van der Waals surface area contributed by atoms with Crippen LogP contribution in [0.4, 0.5) is 11.4 Å². The van der Waals surface area contributed by atoms with E-state index in [0.29, 0.717) is 29.7 Å². The number of nitrogens with zero attached hydrogens (tertiary/aromatic N) is 2. The molecule has 1 heterocycles. The first-order valence-electron chi connectivity index (χ1n) is 19.3. The predicted molar refractivity (Wildman–Crippen MR) is 212 cm³/mol. The van der Waals surface area contributed by atoms with E-state index in [2.05, 4.69) is 165 Å². The van der Waals surface area contributed by atoms with Crippen molar-refractivity contribution >= 4 is 33.9 Å². The number of benzene rings is 3. The van der Waals surface area contributed by atoms with Crippen molar-refractivity contribution in [2.45, 2.75) is 79.2 Å². The van der Waals surface area contributed by atoms with Crippen LogP contribution in [0.15, 0.2) is 127 Å². The maximum absolute atomic E-state index is 2.78. The van der Waals surface area contributed by atoms with Gasteiger partial charge < -0.3 is 9.47 Å². The zero-order valence-electron chi connectivity index (χ0n) is 30.6. The van der Waals surface area contributed by atoms with E-state index in [1.54, 1.807) is 11.1 Å². The Labute approximate surface area is 299 Å². The van der Waals surface area contributed by atoms with E-state index in [1.165, 1.54) is 57.6 Å². The molecule has 0 radical (unpaired) electrons. The average molecular weight is 657 g/mol. The standard InChI is InChI=1S/C48H52N2/c1-32-15-9-10-18-38(32)34-23-25-36(26-24-34)49(35-16-7-6-8-17-35)37-27-28-41-42(31-37)47(3,4)46-33(2)43(29-30-48(41,46)5)50-44-21-13-11-19-39(44)40-20-12-14-22-45(40)50/h6-11,13-14,16-19,21-28,32-33,42-43,46H,12,15,20,29-31H2,1-5H3. The average Bonchev–Trinajstić information content (AvgIpc) is 3.56. The summed E-state index contributed by atoms with van der Waals surface area (Å²) in [5.74, 6) is 2.24. The van der Waals surface area contributed by atoms with Crippen molar-refractivity contribution in [2.24, 2.45) is 34.5 Å². The molecule has 3 aromatic carbocycles. The highest BCUT2D eigenvalue weighted by Crippen LogP contribution is 2.70. The van der Waals surface area contributed by atoms with E-state index < -0.39 is 0 Å². The Balaban J connectivity index is 1.07. The third-order valence-corrected chi connectivity index (χ3v) is 13.8. The van der Waals surface area contributed by atoms with Crippen molar-refractivity contribution in [1.82, 2.24) is 4.57 Å². The van der Waals surface area contributed by atoms with Crippen LogP contribution in [0.1, 0.15) is 89.6 Å². The van der Waals surface area contributed by atoms with Gasteiger partial charge >= 0.3 is 0 Å². The van der Waals surface area contributed by atoms with E-state index in [0.717, 1.165) is 25.7 Å². The summed E-state index contributed by atoms with van der Waals surface area (Å²) in [4.78, 5) is 2.53. The van der Waals surface area contributed by atoms with E-state index in [-0.39, 0.29) is 10.8 Å². The van der Waals surface area contributed by atoms with Gasteiger partial charge in [0.25, 0.3) is 0 Å². The van der Waals surface area contributed by atoms with Gasteiger partial charge in [0.15, 0.2) is 0 Å². The van der Waals surface area contributed by atoms with E-state index in [1.807, 2.05) is 0 Å². The topological polar surface area (TPSA) is 8.17 Å². The van der Waals surface area contributed by atoms with E-state index in [4.69, 9.17) is 0 Å². The summed E-state index contributed by atoms with van der Waals surface area (Å²) in [6, 6.07) is 30.1. The molecule has 6 unspecified atom stereocenters. The number of rotatable bonds is 5. The van der Waals surface area contributed by atoms with Crippen molar-refractivity contribution in [3.63, 3.8) is 0 Å². The number of hydrogen-bond acceptors (Lipinski definition) is 1. The highest BCUT2D eigenvalue weighted by atomic mass is 15.2. The molecule has 2 fully saturated rings. The molecule has 0 amide bonds. The molecule has 9 rings (SSSR count). The van der Waals surface area contributed by atoms with Gasteiger partial charge in [-0.3, -0.25) is 0 Å². The first kappa shape index (κ1) is 31.7. The molecule has 2 nitrogen and oxygen atoms in total. The van der Waals surface area contributed by atoms with Crippen LogP contribution in [0.2, 0.25) is 0 Å². The Morgan fingerprint density at radius 3 is 2.36 bits per heavy atom. The van der Waals surface area contributed by atoms with Crippen LogP contribution in [0.3, 0.4) is 0 Å². The largest absolute Gasteiger partial charge is 0.337 e. The number of aromatic nitrogens is 1. The first-order chi connectivity index (χ1) is 24.3. The van der Waals surface area contributed by atoms with Crippen molar-refractivity contribution in [1.29, 1.82) is 0 Å². The Morgan fingerprint density at radius 2 is 1.56 bits per heavy atom. The molecule has 1 aromatic heterocycles. The number of fused-ring (bicyclic) bond motifs is 6. The van der Waals surface area contributed by atoms with Crippen molar-refractivity contribution in [3.8, 4) is 0 Å². The van der Waals surface area contributed by atoms with Gasteiger partial charge in [0, 0.05) is 39.7 Å². The lowest BCUT2D eigenvalue weighted by Crippen LogP contribution is -2.44.